The van der Waals surface area contributed by atoms with Crippen molar-refractivity contribution in [2.45, 2.75) is 30.5 Å². The Morgan fingerprint density at radius 1 is 1.19 bits per heavy atom. The number of fused-ring (bicyclic) bond motifs is 1. The smallest absolute Gasteiger partial charge is 0.123 e. The van der Waals surface area contributed by atoms with E-state index in [-0.39, 0.29) is 5.82 Å². The van der Waals surface area contributed by atoms with Crippen molar-refractivity contribution in [3.63, 3.8) is 0 Å². The Kier molecular flexibility index (Phi) is 4.59. The molecule has 1 aliphatic rings. The molecule has 0 radical (unpaired) electrons. The first-order valence-corrected chi connectivity index (χ1v) is 8.45. The van der Waals surface area contributed by atoms with E-state index in [4.69, 9.17) is 4.74 Å². The molecule has 1 nitrogen and oxygen atoms in total. The summed E-state index contributed by atoms with van der Waals surface area (Å²) in [6.07, 6.45) is 3.53. The molecule has 2 aromatic rings. The number of halogens is 2. The average Bonchev–Trinajstić information content (AvgIpc) is 2.53. The van der Waals surface area contributed by atoms with Crippen LogP contribution in [0.1, 0.15) is 35.4 Å². The molecule has 2 aromatic carbocycles. The summed E-state index contributed by atoms with van der Waals surface area (Å²) in [5.74, 6) is 0.985. The first-order chi connectivity index (χ1) is 10.3. The maximum absolute atomic E-state index is 13.2. The third-order valence-electron chi connectivity index (χ3n) is 4.10. The van der Waals surface area contributed by atoms with E-state index >= 15 is 0 Å². The van der Waals surface area contributed by atoms with Gasteiger partial charge in [-0.3, -0.25) is 0 Å². The minimum Gasteiger partial charge on any atom is -0.493 e. The number of rotatable bonds is 4. The second-order valence-corrected chi connectivity index (χ2v) is 6.05. The largest absolute Gasteiger partial charge is 0.493 e. The van der Waals surface area contributed by atoms with Gasteiger partial charge in [-0.15, -0.1) is 0 Å². The predicted molar refractivity (Wildman–Crippen MR) is 86.6 cm³/mol. The summed E-state index contributed by atoms with van der Waals surface area (Å²) in [6, 6.07) is 13.3. The number of benzene rings is 2. The summed E-state index contributed by atoms with van der Waals surface area (Å²) in [5, 5.41) is 0.599. The van der Waals surface area contributed by atoms with Crippen LogP contribution in [0, 0.1) is 5.82 Å². The molecule has 0 aliphatic heterocycles. The number of aryl methyl sites for hydroxylation is 1. The van der Waals surface area contributed by atoms with Gasteiger partial charge in [0.2, 0.25) is 0 Å². The van der Waals surface area contributed by atoms with Crippen LogP contribution in [0.5, 0.6) is 5.75 Å². The summed E-state index contributed by atoms with van der Waals surface area (Å²) < 4.78 is 19.2. The SMILES string of the molecule is Fc1ccc(OCC2CCCc3ccccc32)c(CBr)c1. The van der Waals surface area contributed by atoms with Crippen LogP contribution >= 0.6 is 15.9 Å². The molecule has 1 atom stereocenters. The predicted octanol–water partition coefficient (Wildman–Crippen LogP) is 5.22. The van der Waals surface area contributed by atoms with Crippen LogP contribution in [0.2, 0.25) is 0 Å². The highest BCUT2D eigenvalue weighted by molar-refractivity contribution is 9.08. The van der Waals surface area contributed by atoms with Gasteiger partial charge < -0.3 is 4.74 Å². The Morgan fingerprint density at radius 3 is 2.90 bits per heavy atom. The molecule has 3 heteroatoms. The molecule has 3 rings (SSSR count). The first kappa shape index (κ1) is 14.6. The quantitative estimate of drug-likeness (QED) is 0.688. The number of alkyl halides is 1. The fourth-order valence-corrected chi connectivity index (χ4v) is 3.45. The summed E-state index contributed by atoms with van der Waals surface area (Å²) in [6.45, 7) is 0.655. The van der Waals surface area contributed by atoms with E-state index in [0.717, 1.165) is 24.2 Å². The van der Waals surface area contributed by atoms with Crippen molar-refractivity contribution in [1.82, 2.24) is 0 Å². The monoisotopic (exact) mass is 348 g/mol. The maximum Gasteiger partial charge on any atom is 0.123 e. The van der Waals surface area contributed by atoms with Crippen LogP contribution in [0.25, 0.3) is 0 Å². The molecule has 0 aromatic heterocycles. The first-order valence-electron chi connectivity index (χ1n) is 7.33. The molecular weight excluding hydrogens is 331 g/mol. The second-order valence-electron chi connectivity index (χ2n) is 5.48. The lowest BCUT2D eigenvalue weighted by Gasteiger charge is -2.25. The number of ether oxygens (including phenoxy) is 1. The summed E-state index contributed by atoms with van der Waals surface area (Å²) >= 11 is 3.39. The summed E-state index contributed by atoms with van der Waals surface area (Å²) in [7, 11) is 0. The molecular formula is C18H18BrFO. The van der Waals surface area contributed by atoms with E-state index in [1.165, 1.54) is 29.7 Å². The molecule has 0 spiro atoms. The third kappa shape index (κ3) is 3.29. The molecule has 0 saturated carbocycles. The van der Waals surface area contributed by atoms with Crippen LogP contribution in [0.15, 0.2) is 42.5 Å². The lowest BCUT2D eigenvalue weighted by Crippen LogP contribution is -2.17. The molecule has 0 bridgehead atoms. The number of hydrogen-bond donors (Lipinski definition) is 0. The van der Waals surface area contributed by atoms with E-state index in [9.17, 15) is 4.39 Å². The van der Waals surface area contributed by atoms with E-state index in [0.29, 0.717) is 17.9 Å². The minimum atomic E-state index is -0.222. The van der Waals surface area contributed by atoms with Crippen LogP contribution < -0.4 is 4.74 Å². The fraction of sp³-hybridized carbons (Fsp3) is 0.333. The van der Waals surface area contributed by atoms with Crippen molar-refractivity contribution in [3.05, 3.63) is 65.0 Å². The van der Waals surface area contributed by atoms with Crippen molar-refractivity contribution in [2.75, 3.05) is 6.61 Å². The van der Waals surface area contributed by atoms with Gasteiger partial charge in [-0.1, -0.05) is 40.2 Å². The molecule has 0 fully saturated rings. The van der Waals surface area contributed by atoms with Crippen molar-refractivity contribution in [3.8, 4) is 5.75 Å². The Labute approximate surface area is 133 Å². The van der Waals surface area contributed by atoms with Gasteiger partial charge in [0.25, 0.3) is 0 Å². The lowest BCUT2D eigenvalue weighted by molar-refractivity contribution is 0.272. The Bertz CT molecular complexity index is 626. The van der Waals surface area contributed by atoms with Gasteiger partial charge in [0.15, 0.2) is 0 Å². The second kappa shape index (κ2) is 6.61. The van der Waals surface area contributed by atoms with Crippen molar-refractivity contribution in [1.29, 1.82) is 0 Å². The molecule has 0 N–H and O–H groups in total. The van der Waals surface area contributed by atoms with Gasteiger partial charge >= 0.3 is 0 Å². The summed E-state index contributed by atoms with van der Waals surface area (Å²) in [5.41, 5.74) is 3.71. The maximum atomic E-state index is 13.2. The normalized spacial score (nSPS) is 17.3. The van der Waals surface area contributed by atoms with Gasteiger partial charge in [0.05, 0.1) is 6.61 Å². The highest BCUT2D eigenvalue weighted by Crippen LogP contribution is 2.32. The molecule has 0 amide bonds. The van der Waals surface area contributed by atoms with Crippen LogP contribution in [0.3, 0.4) is 0 Å². The molecule has 1 aliphatic carbocycles. The van der Waals surface area contributed by atoms with Crippen LogP contribution in [-0.2, 0) is 11.8 Å². The fourth-order valence-electron chi connectivity index (χ4n) is 3.01. The lowest BCUT2D eigenvalue weighted by atomic mass is 9.83. The summed E-state index contributed by atoms with van der Waals surface area (Å²) in [4.78, 5) is 0. The zero-order valence-corrected chi connectivity index (χ0v) is 13.4. The molecule has 110 valence electrons. The van der Waals surface area contributed by atoms with E-state index in [2.05, 4.69) is 40.2 Å². The third-order valence-corrected chi connectivity index (χ3v) is 4.70. The van der Waals surface area contributed by atoms with Gasteiger partial charge in [0.1, 0.15) is 11.6 Å². The molecule has 0 saturated heterocycles. The van der Waals surface area contributed by atoms with Gasteiger partial charge in [-0.05, 0) is 48.6 Å². The minimum absolute atomic E-state index is 0.222. The highest BCUT2D eigenvalue weighted by atomic mass is 79.9. The van der Waals surface area contributed by atoms with Gasteiger partial charge in [-0.25, -0.2) is 4.39 Å². The molecule has 0 heterocycles. The topological polar surface area (TPSA) is 9.23 Å². The Hall–Kier alpha value is -1.35. The van der Waals surface area contributed by atoms with Crippen LogP contribution in [0.4, 0.5) is 4.39 Å². The van der Waals surface area contributed by atoms with Gasteiger partial charge in [-0.2, -0.15) is 0 Å². The molecule has 21 heavy (non-hydrogen) atoms. The van der Waals surface area contributed by atoms with Crippen LogP contribution in [-0.4, -0.2) is 6.61 Å². The van der Waals surface area contributed by atoms with Crippen molar-refractivity contribution in [2.24, 2.45) is 0 Å². The zero-order valence-electron chi connectivity index (χ0n) is 11.8. The van der Waals surface area contributed by atoms with E-state index in [1.807, 2.05) is 0 Å². The Morgan fingerprint density at radius 2 is 2.05 bits per heavy atom. The standard InChI is InChI=1S/C18H18BrFO/c19-11-15-10-16(20)8-9-18(15)21-12-14-6-3-5-13-4-1-2-7-17(13)14/h1-2,4,7-10,14H,3,5-6,11-12H2. The number of hydrogen-bond acceptors (Lipinski definition) is 1. The zero-order chi connectivity index (χ0) is 14.7. The van der Waals surface area contributed by atoms with Gasteiger partial charge in [0, 0.05) is 16.8 Å². The average molecular weight is 349 g/mol. The Balaban J connectivity index is 1.74. The van der Waals surface area contributed by atoms with Crippen molar-refractivity contribution < 1.29 is 9.13 Å². The molecule has 1 unspecified atom stereocenters. The van der Waals surface area contributed by atoms with Crippen molar-refractivity contribution >= 4 is 15.9 Å². The van der Waals surface area contributed by atoms with E-state index < -0.39 is 0 Å². The van der Waals surface area contributed by atoms with E-state index in [1.54, 1.807) is 6.07 Å². The highest BCUT2D eigenvalue weighted by Gasteiger charge is 2.20.